The molecule has 1 aromatic heterocycles. The summed E-state index contributed by atoms with van der Waals surface area (Å²) >= 11 is 0. The molecule has 2 saturated heterocycles. The minimum Gasteiger partial charge on any atom is -0.496 e. The molecule has 0 spiro atoms. The number of aromatic nitrogens is 1. The van der Waals surface area contributed by atoms with E-state index < -0.39 is 0 Å². The Labute approximate surface area is 248 Å². The van der Waals surface area contributed by atoms with Crippen molar-refractivity contribution in [2.75, 3.05) is 38.2 Å². The lowest BCUT2D eigenvalue weighted by atomic mass is 9.95. The Morgan fingerprint density at radius 3 is 2.50 bits per heavy atom. The maximum Gasteiger partial charge on any atom is 0.257 e. The minimum atomic E-state index is -0.0405. The molecule has 42 heavy (non-hydrogen) atoms. The molecule has 0 bridgehead atoms. The lowest BCUT2D eigenvalue weighted by molar-refractivity contribution is -0.119. The molecule has 0 aliphatic carbocycles. The molecule has 8 nitrogen and oxygen atoms in total. The van der Waals surface area contributed by atoms with E-state index in [1.165, 1.54) is 11.1 Å². The van der Waals surface area contributed by atoms with Crippen molar-refractivity contribution in [3.05, 3.63) is 83.2 Å². The van der Waals surface area contributed by atoms with Crippen molar-refractivity contribution in [1.29, 1.82) is 0 Å². The number of ether oxygens (including phenoxy) is 2. The largest absolute Gasteiger partial charge is 0.496 e. The zero-order valence-electron chi connectivity index (χ0n) is 24.6. The molecule has 3 aliphatic rings. The van der Waals surface area contributed by atoms with Crippen molar-refractivity contribution >= 4 is 17.5 Å². The summed E-state index contributed by atoms with van der Waals surface area (Å²) in [4.78, 5) is 37.1. The van der Waals surface area contributed by atoms with Crippen molar-refractivity contribution in [2.45, 2.75) is 64.1 Å². The van der Waals surface area contributed by atoms with Crippen molar-refractivity contribution < 1.29 is 19.1 Å². The lowest BCUT2D eigenvalue weighted by Gasteiger charge is -2.41. The second kappa shape index (κ2) is 12.5. The van der Waals surface area contributed by atoms with Gasteiger partial charge < -0.3 is 19.3 Å². The van der Waals surface area contributed by atoms with Crippen LogP contribution in [0.4, 0.5) is 5.69 Å². The van der Waals surface area contributed by atoms with E-state index in [0.29, 0.717) is 30.8 Å². The highest BCUT2D eigenvalue weighted by molar-refractivity contribution is 5.98. The van der Waals surface area contributed by atoms with Gasteiger partial charge in [0.15, 0.2) is 0 Å². The van der Waals surface area contributed by atoms with E-state index >= 15 is 0 Å². The van der Waals surface area contributed by atoms with E-state index in [1.807, 2.05) is 58.5 Å². The number of anilines is 1. The average Bonchev–Trinajstić information content (AvgIpc) is 3.03. The predicted octanol–water partition coefficient (Wildman–Crippen LogP) is 5.03. The van der Waals surface area contributed by atoms with Gasteiger partial charge in [-0.3, -0.25) is 19.5 Å². The third-order valence-corrected chi connectivity index (χ3v) is 9.00. The summed E-state index contributed by atoms with van der Waals surface area (Å²) in [5.74, 6) is 1.40. The summed E-state index contributed by atoms with van der Waals surface area (Å²) in [7, 11) is 1.60. The molecule has 8 heteroatoms. The molecule has 0 unspecified atom stereocenters. The SMILES string of the molecule is COc1cc(OC2CCN(Cc3cccnc3C)CC2)ccc1C(=O)N1CCC(N2C(=O)CCc3ccccc32)CC1. The molecule has 6 rings (SSSR count). The standard InChI is InChI=1S/C34H40N4O4/c1-24-26(7-5-17-35-24)23-36-18-15-28(16-19-36)42-29-10-11-30(32(22-29)41-2)34(40)37-20-13-27(14-21-37)38-31-8-4-3-6-25(31)9-12-33(38)39/h3-8,10-11,17,22,27-28H,9,12-16,18-21,23H2,1-2H3. The Morgan fingerprint density at radius 1 is 0.952 bits per heavy atom. The number of piperidine rings is 2. The van der Waals surface area contributed by atoms with Crippen LogP contribution in [0, 0.1) is 6.92 Å². The number of hydrogen-bond acceptors (Lipinski definition) is 6. The van der Waals surface area contributed by atoms with E-state index in [4.69, 9.17) is 9.47 Å². The number of pyridine rings is 1. The van der Waals surface area contributed by atoms with Crippen LogP contribution in [0.1, 0.15) is 59.3 Å². The second-order valence-corrected chi connectivity index (χ2v) is 11.6. The molecule has 0 radical (unpaired) electrons. The molecule has 2 aromatic carbocycles. The van der Waals surface area contributed by atoms with Crippen LogP contribution >= 0.6 is 0 Å². The molecule has 0 N–H and O–H groups in total. The Bertz CT molecular complexity index is 1430. The third-order valence-electron chi connectivity index (χ3n) is 9.00. The number of fused-ring (bicyclic) bond motifs is 1. The highest BCUT2D eigenvalue weighted by atomic mass is 16.5. The number of nitrogens with zero attached hydrogens (tertiary/aromatic N) is 4. The van der Waals surface area contributed by atoms with Crippen LogP contribution in [0.5, 0.6) is 11.5 Å². The number of carbonyl (C=O) groups excluding carboxylic acids is 2. The number of likely N-dealkylation sites (tertiary alicyclic amines) is 2. The topological polar surface area (TPSA) is 75.2 Å². The Balaban J connectivity index is 1.04. The van der Waals surface area contributed by atoms with Gasteiger partial charge in [0.25, 0.3) is 5.91 Å². The van der Waals surface area contributed by atoms with E-state index in [0.717, 1.165) is 68.9 Å². The Morgan fingerprint density at radius 2 is 1.74 bits per heavy atom. The maximum atomic E-state index is 13.6. The molecule has 2 fully saturated rings. The Kier molecular flexibility index (Phi) is 8.42. The third kappa shape index (κ3) is 6.00. The number of amides is 2. The zero-order valence-corrected chi connectivity index (χ0v) is 24.6. The smallest absolute Gasteiger partial charge is 0.257 e. The van der Waals surface area contributed by atoms with Gasteiger partial charge in [0.1, 0.15) is 17.6 Å². The van der Waals surface area contributed by atoms with Gasteiger partial charge in [-0.1, -0.05) is 24.3 Å². The minimum absolute atomic E-state index is 0.0405. The molecule has 0 atom stereocenters. The van der Waals surface area contributed by atoms with Gasteiger partial charge in [-0.2, -0.15) is 0 Å². The van der Waals surface area contributed by atoms with Crippen LogP contribution in [0.15, 0.2) is 60.8 Å². The number of benzene rings is 2. The van der Waals surface area contributed by atoms with Gasteiger partial charge in [0, 0.05) is 68.8 Å². The molecule has 4 heterocycles. The highest BCUT2D eigenvalue weighted by Gasteiger charge is 2.34. The summed E-state index contributed by atoms with van der Waals surface area (Å²) in [6, 6.07) is 18.0. The van der Waals surface area contributed by atoms with Crippen molar-refractivity contribution in [1.82, 2.24) is 14.8 Å². The summed E-state index contributed by atoms with van der Waals surface area (Å²) in [5, 5.41) is 0. The molecule has 3 aliphatic heterocycles. The molecule has 220 valence electrons. The molecule has 3 aromatic rings. The summed E-state index contributed by atoms with van der Waals surface area (Å²) in [6.07, 6.45) is 6.72. The number of methoxy groups -OCH3 is 1. The van der Waals surface area contributed by atoms with Gasteiger partial charge in [-0.25, -0.2) is 0 Å². The summed E-state index contributed by atoms with van der Waals surface area (Å²) < 4.78 is 12.0. The van der Waals surface area contributed by atoms with Crippen LogP contribution in [0.25, 0.3) is 0 Å². The maximum absolute atomic E-state index is 13.6. The molecular formula is C34H40N4O4. The van der Waals surface area contributed by atoms with Crippen LogP contribution in [0.3, 0.4) is 0 Å². The number of aryl methyl sites for hydroxylation is 2. The quantitative estimate of drug-likeness (QED) is 0.398. The fourth-order valence-corrected chi connectivity index (χ4v) is 6.58. The van der Waals surface area contributed by atoms with Gasteiger partial charge in [-0.15, -0.1) is 0 Å². The van der Waals surface area contributed by atoms with Gasteiger partial charge in [0.05, 0.1) is 12.7 Å². The first-order chi connectivity index (χ1) is 20.5. The van der Waals surface area contributed by atoms with Gasteiger partial charge >= 0.3 is 0 Å². The van der Waals surface area contributed by atoms with Crippen LogP contribution in [-0.4, -0.2) is 72.0 Å². The second-order valence-electron chi connectivity index (χ2n) is 11.6. The molecular weight excluding hydrogens is 528 g/mol. The van der Waals surface area contributed by atoms with E-state index in [2.05, 4.69) is 28.9 Å². The number of carbonyl (C=O) groups is 2. The lowest BCUT2D eigenvalue weighted by Crippen LogP contribution is -2.50. The van der Waals surface area contributed by atoms with Crippen molar-refractivity contribution in [2.24, 2.45) is 0 Å². The normalized spacial score (nSPS) is 18.6. The van der Waals surface area contributed by atoms with Crippen LogP contribution < -0.4 is 14.4 Å². The van der Waals surface area contributed by atoms with E-state index in [-0.39, 0.29) is 24.0 Å². The predicted molar refractivity (Wildman–Crippen MR) is 162 cm³/mol. The number of hydrogen-bond donors (Lipinski definition) is 0. The number of rotatable bonds is 7. The first-order valence-corrected chi connectivity index (χ1v) is 15.2. The number of para-hydroxylation sites is 1. The zero-order chi connectivity index (χ0) is 29.1. The Hall–Kier alpha value is -3.91. The molecule has 2 amide bonds. The highest BCUT2D eigenvalue weighted by Crippen LogP contribution is 2.34. The fourth-order valence-electron chi connectivity index (χ4n) is 6.58. The average molecular weight is 569 g/mol. The van der Waals surface area contributed by atoms with Gasteiger partial charge in [-0.05, 0) is 74.4 Å². The van der Waals surface area contributed by atoms with Crippen LogP contribution in [0.2, 0.25) is 0 Å². The van der Waals surface area contributed by atoms with Crippen molar-refractivity contribution in [3.63, 3.8) is 0 Å². The molecule has 0 saturated carbocycles. The summed E-state index contributed by atoms with van der Waals surface area (Å²) in [5.41, 5.74) is 5.17. The summed E-state index contributed by atoms with van der Waals surface area (Å²) in [6.45, 7) is 6.12. The fraction of sp³-hybridized carbons (Fsp3) is 0.441. The first kappa shape index (κ1) is 28.2. The monoisotopic (exact) mass is 568 g/mol. The van der Waals surface area contributed by atoms with Gasteiger partial charge in [0.2, 0.25) is 5.91 Å². The van der Waals surface area contributed by atoms with Crippen molar-refractivity contribution in [3.8, 4) is 11.5 Å². The van der Waals surface area contributed by atoms with Crippen LogP contribution in [-0.2, 0) is 17.8 Å². The van der Waals surface area contributed by atoms with E-state index in [1.54, 1.807) is 7.11 Å². The van der Waals surface area contributed by atoms with E-state index in [9.17, 15) is 9.59 Å². The first-order valence-electron chi connectivity index (χ1n) is 15.2.